The maximum absolute atomic E-state index is 14.7. The number of nitrogens with zero attached hydrogens (tertiary/aromatic N) is 3. The average Bonchev–Trinajstić information content (AvgIpc) is 3.19. The van der Waals surface area contributed by atoms with E-state index < -0.39 is 40.4 Å². The molecule has 2 aliphatic rings. The lowest BCUT2D eigenvalue weighted by Gasteiger charge is -2.32. The molecule has 30 heavy (non-hydrogen) atoms. The van der Waals surface area contributed by atoms with Gasteiger partial charge >= 0.3 is 0 Å². The summed E-state index contributed by atoms with van der Waals surface area (Å²) in [6, 6.07) is 3.57. The lowest BCUT2D eigenvalue weighted by Crippen LogP contribution is -2.37. The monoisotopic (exact) mass is 458 g/mol. The minimum atomic E-state index is -3.31. The highest BCUT2D eigenvalue weighted by Gasteiger charge is 2.87. The largest absolute Gasteiger partial charge is 0.395 e. The summed E-state index contributed by atoms with van der Waals surface area (Å²) in [6.45, 7) is 0.495. The summed E-state index contributed by atoms with van der Waals surface area (Å²) in [5.74, 6) is -6.35. The summed E-state index contributed by atoms with van der Waals surface area (Å²) in [7, 11) is 0. The minimum Gasteiger partial charge on any atom is -0.395 e. The van der Waals surface area contributed by atoms with Crippen LogP contribution in [0.3, 0.4) is 0 Å². The van der Waals surface area contributed by atoms with Gasteiger partial charge in [-0.3, -0.25) is 4.99 Å². The first-order valence-electron chi connectivity index (χ1n) is 8.73. The molecule has 4 rings (SSSR count). The second kappa shape index (κ2) is 6.93. The Kier molecular flexibility index (Phi) is 4.87. The van der Waals surface area contributed by atoms with E-state index in [0.717, 1.165) is 18.3 Å². The molecule has 0 bridgehead atoms. The van der Waals surface area contributed by atoms with Crippen molar-refractivity contribution >= 4 is 40.4 Å². The molecule has 0 saturated heterocycles. The van der Waals surface area contributed by atoms with Gasteiger partial charge < -0.3 is 10.8 Å². The second-order valence-corrected chi connectivity index (χ2v) is 9.00. The van der Waals surface area contributed by atoms with Crippen LogP contribution in [0.25, 0.3) is 11.9 Å². The number of halogens is 5. The van der Waals surface area contributed by atoms with Gasteiger partial charge in [-0.1, -0.05) is 29.4 Å². The number of amidine groups is 1. The Morgan fingerprint density at radius 2 is 2.07 bits per heavy atom. The molecule has 0 unspecified atom stereocenters. The van der Waals surface area contributed by atoms with Gasteiger partial charge in [0, 0.05) is 5.56 Å². The number of benzene rings is 1. The molecule has 1 saturated carbocycles. The van der Waals surface area contributed by atoms with Crippen molar-refractivity contribution in [3.63, 3.8) is 0 Å². The maximum atomic E-state index is 14.7. The number of hydrogen-bond donors (Lipinski definition) is 2. The number of thioether (sulfide) groups is 1. The first-order valence-corrected chi connectivity index (χ1v) is 9.93. The summed E-state index contributed by atoms with van der Waals surface area (Å²) in [4.78, 5) is 11.7. The first-order chi connectivity index (χ1) is 14.0. The van der Waals surface area contributed by atoms with E-state index in [1.54, 1.807) is 0 Å². The highest BCUT2D eigenvalue weighted by Crippen LogP contribution is 2.74. The number of aliphatic hydroxyl groups is 1. The van der Waals surface area contributed by atoms with Crippen LogP contribution in [0.2, 0.25) is 5.15 Å². The number of hydrogen-bond acceptors (Lipinski definition) is 6. The zero-order valence-corrected chi connectivity index (χ0v) is 17.0. The van der Waals surface area contributed by atoms with Crippen LogP contribution in [0.4, 0.5) is 17.6 Å². The third kappa shape index (κ3) is 3.00. The number of aromatic nitrogens is 2. The maximum Gasteiger partial charge on any atom is 0.272 e. The molecule has 1 aromatic heterocycles. The van der Waals surface area contributed by atoms with Gasteiger partial charge in [0.2, 0.25) is 0 Å². The van der Waals surface area contributed by atoms with Crippen LogP contribution in [-0.4, -0.2) is 37.5 Å². The van der Waals surface area contributed by atoms with Gasteiger partial charge in [-0.05, 0) is 30.7 Å². The van der Waals surface area contributed by atoms with E-state index in [1.807, 2.05) is 0 Å². The van der Waals surface area contributed by atoms with Crippen LogP contribution in [0.1, 0.15) is 23.7 Å². The quantitative estimate of drug-likeness (QED) is 0.676. The highest BCUT2D eigenvalue weighted by molar-refractivity contribution is 8.15. The predicted molar refractivity (Wildman–Crippen MR) is 107 cm³/mol. The molecule has 0 radical (unpaired) electrons. The van der Waals surface area contributed by atoms with Crippen molar-refractivity contribution in [2.45, 2.75) is 23.1 Å². The van der Waals surface area contributed by atoms with Crippen LogP contribution < -0.4 is 5.73 Å². The summed E-state index contributed by atoms with van der Waals surface area (Å²) in [6.07, 6.45) is 3.37. The Balaban J connectivity index is 1.78. The van der Waals surface area contributed by atoms with Gasteiger partial charge in [0.1, 0.15) is 21.4 Å². The smallest absolute Gasteiger partial charge is 0.272 e. The van der Waals surface area contributed by atoms with Gasteiger partial charge in [-0.15, -0.1) is 0 Å². The van der Waals surface area contributed by atoms with E-state index in [4.69, 9.17) is 17.3 Å². The molecule has 0 amide bonds. The number of nitrogens with two attached hydrogens (primary N) is 1. The van der Waals surface area contributed by atoms with Crippen molar-refractivity contribution in [1.82, 2.24) is 9.97 Å². The highest BCUT2D eigenvalue weighted by atomic mass is 35.5. The second-order valence-electron chi connectivity index (χ2n) is 7.26. The van der Waals surface area contributed by atoms with Crippen molar-refractivity contribution in [2.75, 3.05) is 6.61 Å². The van der Waals surface area contributed by atoms with E-state index in [1.165, 1.54) is 25.3 Å². The number of fused-ring (bicyclic) bond motifs is 1. The lowest BCUT2D eigenvalue weighted by molar-refractivity contribution is 0.0685. The van der Waals surface area contributed by atoms with Gasteiger partial charge in [0.05, 0.1) is 30.5 Å². The van der Waals surface area contributed by atoms with Crippen LogP contribution >= 0.6 is 23.4 Å². The summed E-state index contributed by atoms with van der Waals surface area (Å²) in [5.41, 5.74) is 3.94. The van der Waals surface area contributed by atoms with E-state index >= 15 is 0 Å². The van der Waals surface area contributed by atoms with Crippen molar-refractivity contribution in [3.05, 3.63) is 58.4 Å². The molecule has 11 heteroatoms. The minimum absolute atomic E-state index is 0.0897. The number of rotatable bonds is 4. The Hall–Kier alpha value is -2.17. The van der Waals surface area contributed by atoms with Gasteiger partial charge in [-0.2, -0.15) is 0 Å². The molecule has 2 aromatic rings. The molecule has 2 heterocycles. The Labute approximate surface area is 178 Å². The van der Waals surface area contributed by atoms with Crippen molar-refractivity contribution < 1.29 is 22.7 Å². The molecule has 1 aliphatic carbocycles. The average molecular weight is 459 g/mol. The molecule has 3 atom stereocenters. The molecule has 3 N–H and O–H groups in total. The Bertz CT molecular complexity index is 1080. The van der Waals surface area contributed by atoms with E-state index in [0.29, 0.717) is 11.8 Å². The zero-order valence-electron chi connectivity index (χ0n) is 15.4. The molecule has 1 aliphatic heterocycles. The normalized spacial score (nSPS) is 29.9. The predicted octanol–water partition coefficient (Wildman–Crippen LogP) is 4.01. The van der Waals surface area contributed by atoms with Crippen LogP contribution in [0.15, 0.2) is 35.6 Å². The summed E-state index contributed by atoms with van der Waals surface area (Å²) >= 11 is 6.22. The lowest BCUT2D eigenvalue weighted by atomic mass is 9.84. The van der Waals surface area contributed by atoms with E-state index in [2.05, 4.69) is 15.0 Å². The number of aliphatic hydroxyl groups excluding tert-OH is 1. The van der Waals surface area contributed by atoms with Crippen molar-refractivity contribution in [1.29, 1.82) is 0 Å². The third-order valence-corrected chi connectivity index (χ3v) is 6.93. The Morgan fingerprint density at radius 1 is 1.33 bits per heavy atom. The molecule has 1 aromatic carbocycles. The van der Waals surface area contributed by atoms with Crippen LogP contribution in [0.5, 0.6) is 0 Å². The molecular weight excluding hydrogens is 444 g/mol. The van der Waals surface area contributed by atoms with E-state index in [-0.39, 0.29) is 27.1 Å². The summed E-state index contributed by atoms with van der Waals surface area (Å²) < 4.78 is 56.7. The Morgan fingerprint density at radius 3 is 2.70 bits per heavy atom. The topological polar surface area (TPSA) is 84.4 Å². The molecule has 158 valence electrons. The van der Waals surface area contributed by atoms with Crippen molar-refractivity contribution in [3.8, 4) is 0 Å². The zero-order chi connectivity index (χ0) is 21.9. The summed E-state index contributed by atoms with van der Waals surface area (Å²) in [5, 5.41) is 9.54. The van der Waals surface area contributed by atoms with Crippen molar-refractivity contribution in [2.24, 2.45) is 16.6 Å². The first kappa shape index (κ1) is 21.1. The molecule has 1 fully saturated rings. The molecule has 0 spiro atoms. The third-order valence-electron chi connectivity index (χ3n) is 5.43. The number of aliphatic imine (C=N–C) groups is 1. The van der Waals surface area contributed by atoms with Gasteiger partial charge in [-0.25, -0.2) is 27.5 Å². The van der Waals surface area contributed by atoms with Gasteiger partial charge in [0.25, 0.3) is 5.92 Å². The number of alkyl halides is 2. The standard InChI is InChI=1S/C19H15ClF4N4OS/c1-17(15-18(8-29,19(15,23)24)30-16(25)28-17)10-4-9(2-3-11(10)21)5-12(22)13-6-27-14(20)7-26-13/h2-7,15,29H,8H2,1H3,(H2,25,28)/b12-5-/t15-,17+,18+/m0/s1. The molecule has 5 nitrogen and oxygen atoms in total. The van der Waals surface area contributed by atoms with Gasteiger partial charge in [0.15, 0.2) is 11.0 Å². The fourth-order valence-electron chi connectivity index (χ4n) is 3.99. The molecular formula is C19H15ClF4N4OS. The van der Waals surface area contributed by atoms with Crippen LogP contribution in [0, 0.1) is 11.7 Å². The SMILES string of the molecule is C[C@]1(c2cc(/C=C(\F)c3cnc(Cl)cn3)ccc2F)N=C(N)S[C@]2(CO)[C@H]1C2(F)F. The fourth-order valence-corrected chi connectivity index (χ4v) is 5.45. The van der Waals surface area contributed by atoms with Crippen LogP contribution in [-0.2, 0) is 5.54 Å². The van der Waals surface area contributed by atoms with E-state index in [9.17, 15) is 22.7 Å². The fraction of sp³-hybridized carbons (Fsp3) is 0.316.